The smallest absolute Gasteiger partial charge is 0.267 e. The minimum atomic E-state index is -1.70. The van der Waals surface area contributed by atoms with E-state index in [1.165, 1.54) is 16.5 Å². The van der Waals surface area contributed by atoms with E-state index >= 15 is 0 Å². The Labute approximate surface area is 136 Å². The predicted octanol–water partition coefficient (Wildman–Crippen LogP) is 3.59. The molecule has 0 aromatic heterocycles. The Morgan fingerprint density at radius 3 is 2.62 bits per heavy atom. The fourth-order valence-electron chi connectivity index (χ4n) is 1.83. The summed E-state index contributed by atoms with van der Waals surface area (Å²) in [5.74, 6) is -0.386. The molecule has 0 spiro atoms. The fourth-order valence-corrected chi connectivity index (χ4v) is 3.18. The van der Waals surface area contributed by atoms with Crippen molar-refractivity contribution in [3.05, 3.63) is 63.3 Å². The summed E-state index contributed by atoms with van der Waals surface area (Å²) in [6, 6.07) is 11.5. The van der Waals surface area contributed by atoms with Crippen molar-refractivity contribution >= 4 is 50.2 Å². The molecule has 8 heteroatoms. The molecule has 0 fully saturated rings. The van der Waals surface area contributed by atoms with Gasteiger partial charge in [-0.1, -0.05) is 33.6 Å². The highest BCUT2D eigenvalue weighted by molar-refractivity contribution is 9.10. The monoisotopic (exact) mass is 387 g/mol. The Morgan fingerprint density at radius 2 is 1.95 bits per heavy atom. The van der Waals surface area contributed by atoms with Crippen molar-refractivity contribution in [3.63, 3.8) is 0 Å². The maximum Gasteiger partial charge on any atom is 0.267 e. The Balaban J connectivity index is 1.94. The Hall–Kier alpha value is -1.44. The number of hydrogen-bond acceptors (Lipinski definition) is 2. The van der Waals surface area contributed by atoms with Gasteiger partial charge in [-0.2, -0.15) is 4.41 Å². The molecule has 1 aliphatic rings. The highest BCUT2D eigenvalue weighted by Gasteiger charge is 2.27. The van der Waals surface area contributed by atoms with E-state index in [1.54, 1.807) is 18.2 Å². The highest BCUT2D eigenvalue weighted by atomic mass is 79.9. The van der Waals surface area contributed by atoms with Crippen molar-refractivity contribution in [2.75, 3.05) is 4.41 Å². The van der Waals surface area contributed by atoms with E-state index in [9.17, 15) is 8.60 Å². The zero-order valence-corrected chi connectivity index (χ0v) is 13.5. The maximum atomic E-state index is 13.9. The second-order valence-corrected chi connectivity index (χ2v) is 6.48. The maximum absolute atomic E-state index is 13.9. The summed E-state index contributed by atoms with van der Waals surface area (Å²) in [6.45, 7) is 0. The Morgan fingerprint density at radius 1 is 1.24 bits per heavy atom. The molecule has 0 aliphatic carbocycles. The molecular weight excluding hydrogens is 381 g/mol. The lowest BCUT2D eigenvalue weighted by molar-refractivity contribution is 0.624. The summed E-state index contributed by atoms with van der Waals surface area (Å²) in [5, 5.41) is 0.205. The van der Waals surface area contributed by atoms with Crippen molar-refractivity contribution in [3.8, 4) is 0 Å². The fraction of sp³-hybridized carbons (Fsp3) is 0. The summed E-state index contributed by atoms with van der Waals surface area (Å²) in [6.07, 6.45) is 0. The number of nitrogens with one attached hydrogen (secondary N) is 1. The molecule has 1 heterocycles. The van der Waals surface area contributed by atoms with Crippen molar-refractivity contribution in [2.24, 2.45) is 4.40 Å². The molecule has 4 nitrogen and oxygen atoms in total. The number of amidine groups is 1. The molecule has 1 aliphatic heterocycles. The molecule has 3 rings (SSSR count). The minimum absolute atomic E-state index is 0.104. The van der Waals surface area contributed by atoms with Crippen LogP contribution in [0.5, 0.6) is 0 Å². The first-order valence-electron chi connectivity index (χ1n) is 5.83. The first-order chi connectivity index (χ1) is 10.1. The van der Waals surface area contributed by atoms with E-state index in [1.807, 2.05) is 12.1 Å². The van der Waals surface area contributed by atoms with Crippen LogP contribution in [0.4, 0.5) is 10.1 Å². The first kappa shape index (κ1) is 14.5. The van der Waals surface area contributed by atoms with Gasteiger partial charge in [0, 0.05) is 4.47 Å². The Kier molecular flexibility index (Phi) is 3.97. The van der Waals surface area contributed by atoms with Crippen LogP contribution in [-0.4, -0.2) is 10.0 Å². The number of halogens is 3. The van der Waals surface area contributed by atoms with E-state index < -0.39 is 17.0 Å². The van der Waals surface area contributed by atoms with Crippen LogP contribution in [0.25, 0.3) is 0 Å². The topological polar surface area (TPSA) is 44.7 Å². The molecule has 1 unspecified atom stereocenters. The molecule has 1 atom stereocenters. The van der Waals surface area contributed by atoms with Gasteiger partial charge in [0.15, 0.2) is 5.84 Å². The van der Waals surface area contributed by atoms with Crippen molar-refractivity contribution in [2.45, 2.75) is 0 Å². The molecule has 0 saturated heterocycles. The summed E-state index contributed by atoms with van der Waals surface area (Å²) in [7, 11) is 0. The number of nitrogens with zero attached hydrogens (tertiary/aromatic N) is 2. The van der Waals surface area contributed by atoms with E-state index in [4.69, 9.17) is 11.6 Å². The predicted molar refractivity (Wildman–Crippen MR) is 85.8 cm³/mol. The Bertz CT molecular complexity index is 733. The largest absolute Gasteiger partial charge is 0.267 e. The first-order valence-corrected chi connectivity index (χ1v) is 8.07. The van der Waals surface area contributed by atoms with Crippen molar-refractivity contribution < 1.29 is 8.60 Å². The van der Waals surface area contributed by atoms with E-state index in [0.29, 0.717) is 5.69 Å². The van der Waals surface area contributed by atoms with E-state index in [2.05, 4.69) is 25.8 Å². The lowest BCUT2D eigenvalue weighted by atomic mass is 10.2. The van der Waals surface area contributed by atoms with Gasteiger partial charge in [0.1, 0.15) is 5.82 Å². The van der Waals surface area contributed by atoms with Crippen LogP contribution in [0.3, 0.4) is 0 Å². The number of benzene rings is 2. The molecule has 0 bridgehead atoms. The molecule has 0 amide bonds. The van der Waals surface area contributed by atoms with Crippen molar-refractivity contribution in [1.29, 1.82) is 0 Å². The highest BCUT2D eigenvalue weighted by Crippen LogP contribution is 2.25. The summed E-state index contributed by atoms with van der Waals surface area (Å²) >= 11 is 7.62. The van der Waals surface area contributed by atoms with Crippen LogP contribution >= 0.6 is 27.5 Å². The van der Waals surface area contributed by atoms with Crippen LogP contribution in [0.1, 0.15) is 5.56 Å². The molecule has 108 valence electrons. The van der Waals surface area contributed by atoms with Gasteiger partial charge in [-0.25, -0.2) is 8.60 Å². The van der Waals surface area contributed by atoms with Crippen LogP contribution < -0.4 is 9.84 Å². The SMILES string of the molecule is O=S1N=C(c2c(F)cccc2Cl)NN1c1ccc(Br)cc1. The average Bonchev–Trinajstić information content (AvgIpc) is 2.81. The van der Waals surface area contributed by atoms with Crippen molar-refractivity contribution in [1.82, 2.24) is 5.43 Å². The van der Waals surface area contributed by atoms with Gasteiger partial charge >= 0.3 is 0 Å². The zero-order valence-electron chi connectivity index (χ0n) is 10.4. The number of rotatable bonds is 2. The third-order valence-corrected chi connectivity index (χ3v) is 4.59. The van der Waals surface area contributed by atoms with Crippen LogP contribution in [0.2, 0.25) is 5.02 Å². The van der Waals surface area contributed by atoms with Crippen LogP contribution in [0.15, 0.2) is 51.3 Å². The van der Waals surface area contributed by atoms with Crippen LogP contribution in [0, 0.1) is 5.82 Å². The van der Waals surface area contributed by atoms with Crippen LogP contribution in [-0.2, 0) is 11.2 Å². The average molecular weight is 389 g/mol. The number of hydrazine groups is 1. The quantitative estimate of drug-likeness (QED) is 0.854. The molecular formula is C13H8BrClFN3OS. The molecule has 0 saturated carbocycles. The normalized spacial score (nSPS) is 17.6. The molecule has 0 radical (unpaired) electrons. The van der Waals surface area contributed by atoms with Gasteiger partial charge in [-0.3, -0.25) is 5.43 Å². The van der Waals surface area contributed by atoms with E-state index in [-0.39, 0.29) is 16.4 Å². The van der Waals surface area contributed by atoms with Gasteiger partial charge in [0.05, 0.1) is 16.3 Å². The minimum Gasteiger partial charge on any atom is -0.267 e. The standard InChI is InChI=1S/C13H8BrClFN3OS/c14-8-4-6-9(7-5-8)19-17-13(18-21(19)20)12-10(15)2-1-3-11(12)16/h1-7H,(H,17,18). The zero-order chi connectivity index (χ0) is 15.0. The molecule has 1 N–H and O–H groups in total. The van der Waals surface area contributed by atoms with Gasteiger partial charge < -0.3 is 0 Å². The second-order valence-electron chi connectivity index (χ2n) is 4.15. The second kappa shape index (κ2) is 5.75. The summed E-state index contributed by atoms with van der Waals surface area (Å²) in [4.78, 5) is 0. The van der Waals surface area contributed by atoms with E-state index in [0.717, 1.165) is 4.47 Å². The number of anilines is 1. The third kappa shape index (κ3) is 2.81. The molecule has 2 aromatic carbocycles. The lowest BCUT2D eigenvalue weighted by Gasteiger charge is -2.16. The van der Waals surface area contributed by atoms with Gasteiger partial charge in [0.25, 0.3) is 11.2 Å². The third-order valence-electron chi connectivity index (χ3n) is 2.79. The van der Waals surface area contributed by atoms with Gasteiger partial charge in [-0.05, 0) is 36.4 Å². The number of hydrogen-bond donors (Lipinski definition) is 1. The summed E-state index contributed by atoms with van der Waals surface area (Å²) in [5.41, 5.74) is 3.56. The molecule has 2 aromatic rings. The lowest BCUT2D eigenvalue weighted by Crippen LogP contribution is -2.37. The molecule has 21 heavy (non-hydrogen) atoms. The van der Waals surface area contributed by atoms with Gasteiger partial charge in [0.2, 0.25) is 0 Å². The summed E-state index contributed by atoms with van der Waals surface area (Å²) < 4.78 is 32.1. The van der Waals surface area contributed by atoms with Gasteiger partial charge in [-0.15, -0.1) is 4.40 Å².